The number of anilines is 2. The number of ketones is 1. The smallest absolute Gasteiger partial charge is 0.257 e. The lowest BCUT2D eigenvalue weighted by atomic mass is 10.1. The zero-order valence-corrected chi connectivity index (χ0v) is 12.1. The monoisotopic (exact) mass is 290 g/mol. The molecule has 4 heteroatoms. The van der Waals surface area contributed by atoms with Crippen LogP contribution in [0.5, 0.6) is 0 Å². The molecule has 0 spiro atoms. The summed E-state index contributed by atoms with van der Waals surface area (Å²) in [5.41, 5.74) is 2.50. The van der Waals surface area contributed by atoms with E-state index < -0.39 is 0 Å². The van der Waals surface area contributed by atoms with Gasteiger partial charge in [0.25, 0.3) is 5.56 Å². The zero-order valence-electron chi connectivity index (χ0n) is 12.1. The lowest BCUT2D eigenvalue weighted by Crippen LogP contribution is -2.18. The zero-order chi connectivity index (χ0) is 15.3. The summed E-state index contributed by atoms with van der Waals surface area (Å²) in [5, 5.41) is 1.28. The number of H-pyrrole nitrogens is 1. The van der Waals surface area contributed by atoms with Crippen LogP contribution in [0.3, 0.4) is 0 Å². The van der Waals surface area contributed by atoms with Gasteiger partial charge in [-0.15, -0.1) is 0 Å². The Balaban J connectivity index is 1.99. The van der Waals surface area contributed by atoms with Gasteiger partial charge in [0.05, 0.1) is 12.1 Å². The molecule has 2 aromatic carbocycles. The molecule has 1 aliphatic rings. The van der Waals surface area contributed by atoms with Crippen molar-refractivity contribution in [3.05, 3.63) is 70.0 Å². The molecule has 1 aromatic heterocycles. The van der Waals surface area contributed by atoms with Crippen molar-refractivity contribution < 1.29 is 4.79 Å². The first-order valence-corrected chi connectivity index (χ1v) is 7.17. The topological polar surface area (TPSA) is 53.2 Å². The highest BCUT2D eigenvalue weighted by Gasteiger charge is 2.31. The van der Waals surface area contributed by atoms with E-state index in [0.29, 0.717) is 16.8 Å². The van der Waals surface area contributed by atoms with Gasteiger partial charge in [0.15, 0.2) is 5.78 Å². The molecule has 1 N–H and O–H groups in total. The number of rotatable bonds is 1. The Morgan fingerprint density at radius 1 is 0.955 bits per heavy atom. The number of benzene rings is 2. The highest BCUT2D eigenvalue weighted by atomic mass is 16.1. The predicted molar refractivity (Wildman–Crippen MR) is 87.1 cm³/mol. The fourth-order valence-electron chi connectivity index (χ4n) is 3.00. The van der Waals surface area contributed by atoms with Gasteiger partial charge in [-0.05, 0) is 25.1 Å². The van der Waals surface area contributed by atoms with Crippen molar-refractivity contribution >= 4 is 28.1 Å². The number of carbonyl (C=O) groups excluding carboxylic acids is 1. The minimum Gasteiger partial charge on any atom is -0.319 e. The van der Waals surface area contributed by atoms with E-state index in [-0.39, 0.29) is 17.9 Å². The third-order valence-corrected chi connectivity index (χ3v) is 4.11. The summed E-state index contributed by atoms with van der Waals surface area (Å²) >= 11 is 0. The summed E-state index contributed by atoms with van der Waals surface area (Å²) < 4.78 is 0. The van der Waals surface area contributed by atoms with Gasteiger partial charge in [-0.25, -0.2) is 0 Å². The Morgan fingerprint density at radius 2 is 1.64 bits per heavy atom. The van der Waals surface area contributed by atoms with E-state index in [0.717, 1.165) is 16.6 Å². The first-order valence-electron chi connectivity index (χ1n) is 7.17. The number of hydrogen-bond acceptors (Lipinski definition) is 3. The molecule has 22 heavy (non-hydrogen) atoms. The van der Waals surface area contributed by atoms with Crippen LogP contribution in [0.25, 0.3) is 10.8 Å². The Labute approximate surface area is 127 Å². The number of aryl methyl sites for hydroxylation is 1. The number of pyridine rings is 1. The maximum atomic E-state index is 12.5. The van der Waals surface area contributed by atoms with Gasteiger partial charge < -0.3 is 9.88 Å². The molecule has 0 unspecified atom stereocenters. The molecule has 0 aliphatic carbocycles. The number of aromatic nitrogens is 1. The van der Waals surface area contributed by atoms with Crippen LogP contribution in [0.1, 0.15) is 15.9 Å². The van der Waals surface area contributed by atoms with Gasteiger partial charge in [-0.2, -0.15) is 0 Å². The molecule has 0 bridgehead atoms. The van der Waals surface area contributed by atoms with Crippen molar-refractivity contribution in [3.8, 4) is 0 Å². The second-order valence-electron chi connectivity index (χ2n) is 5.57. The van der Waals surface area contributed by atoms with E-state index >= 15 is 0 Å². The third-order valence-electron chi connectivity index (χ3n) is 4.11. The first-order chi connectivity index (χ1) is 10.6. The SMILES string of the molecule is Cc1ccc(N2CC(=O)c3c2[nH]c(=O)c2ccccc32)cc1. The lowest BCUT2D eigenvalue weighted by Gasteiger charge is -2.18. The van der Waals surface area contributed by atoms with Crippen molar-refractivity contribution in [2.45, 2.75) is 6.92 Å². The molecule has 0 atom stereocenters. The molecular formula is C18H14N2O2. The molecule has 0 saturated carbocycles. The van der Waals surface area contributed by atoms with Crippen LogP contribution in [0.2, 0.25) is 0 Å². The van der Waals surface area contributed by atoms with Crippen molar-refractivity contribution in [1.82, 2.24) is 4.98 Å². The number of nitrogens with one attached hydrogen (secondary N) is 1. The van der Waals surface area contributed by atoms with Gasteiger partial charge in [0.2, 0.25) is 0 Å². The van der Waals surface area contributed by atoms with Crippen molar-refractivity contribution in [3.63, 3.8) is 0 Å². The fourth-order valence-corrected chi connectivity index (χ4v) is 3.00. The van der Waals surface area contributed by atoms with Gasteiger partial charge in [-0.1, -0.05) is 35.9 Å². The third kappa shape index (κ3) is 1.77. The standard InChI is InChI=1S/C18H14N2O2/c1-11-6-8-12(9-7-11)20-10-15(21)16-13-4-2-3-5-14(13)18(22)19-17(16)20/h2-9H,10H2,1H3,(H,19,22). The van der Waals surface area contributed by atoms with Crippen LogP contribution in [0.15, 0.2) is 53.3 Å². The van der Waals surface area contributed by atoms with Crippen molar-refractivity contribution in [2.75, 3.05) is 11.4 Å². The maximum Gasteiger partial charge on any atom is 0.257 e. The molecule has 0 amide bonds. The maximum absolute atomic E-state index is 12.5. The van der Waals surface area contributed by atoms with Gasteiger partial charge in [0, 0.05) is 16.5 Å². The number of fused-ring (bicyclic) bond motifs is 3. The normalized spacial score (nSPS) is 13.7. The summed E-state index contributed by atoms with van der Waals surface area (Å²) in [6.07, 6.45) is 0. The average molecular weight is 290 g/mol. The van der Waals surface area contributed by atoms with Crippen LogP contribution in [0, 0.1) is 6.92 Å². The van der Waals surface area contributed by atoms with E-state index in [2.05, 4.69) is 4.98 Å². The molecular weight excluding hydrogens is 276 g/mol. The van der Waals surface area contributed by atoms with Gasteiger partial charge in [0.1, 0.15) is 5.82 Å². The Morgan fingerprint density at radius 3 is 2.36 bits per heavy atom. The highest BCUT2D eigenvalue weighted by Crippen LogP contribution is 2.35. The lowest BCUT2D eigenvalue weighted by molar-refractivity contribution is 0.101. The molecule has 0 fully saturated rings. The molecule has 1 aliphatic heterocycles. The number of hydrogen-bond donors (Lipinski definition) is 1. The Hall–Kier alpha value is -2.88. The number of Topliss-reactive ketones (excluding diaryl/α,β-unsaturated/α-hetero) is 1. The Bertz CT molecular complexity index is 955. The van der Waals surface area contributed by atoms with E-state index in [1.54, 1.807) is 12.1 Å². The van der Waals surface area contributed by atoms with Crippen molar-refractivity contribution in [2.24, 2.45) is 0 Å². The molecule has 0 radical (unpaired) electrons. The number of nitrogens with zero attached hydrogens (tertiary/aromatic N) is 1. The van der Waals surface area contributed by atoms with E-state index in [4.69, 9.17) is 0 Å². The number of carbonyl (C=O) groups is 1. The summed E-state index contributed by atoms with van der Waals surface area (Å²) in [6, 6.07) is 15.2. The highest BCUT2D eigenvalue weighted by molar-refractivity contribution is 6.17. The largest absolute Gasteiger partial charge is 0.319 e. The fraction of sp³-hybridized carbons (Fsp3) is 0.111. The molecule has 4 nitrogen and oxygen atoms in total. The summed E-state index contributed by atoms with van der Waals surface area (Å²) in [4.78, 5) is 29.5. The van der Waals surface area contributed by atoms with Crippen LogP contribution >= 0.6 is 0 Å². The molecule has 108 valence electrons. The summed E-state index contributed by atoms with van der Waals surface area (Å²) in [6.45, 7) is 2.27. The van der Waals surface area contributed by atoms with E-state index in [9.17, 15) is 9.59 Å². The van der Waals surface area contributed by atoms with E-state index in [1.807, 2.05) is 48.2 Å². The second kappa shape index (κ2) is 4.56. The van der Waals surface area contributed by atoms with Crippen LogP contribution in [-0.4, -0.2) is 17.3 Å². The van der Waals surface area contributed by atoms with Gasteiger partial charge in [-0.3, -0.25) is 9.59 Å². The summed E-state index contributed by atoms with van der Waals surface area (Å²) in [7, 11) is 0. The van der Waals surface area contributed by atoms with Crippen LogP contribution in [0.4, 0.5) is 11.5 Å². The molecule has 2 heterocycles. The molecule has 0 saturated heterocycles. The quantitative estimate of drug-likeness (QED) is 0.749. The second-order valence-corrected chi connectivity index (χ2v) is 5.57. The van der Waals surface area contributed by atoms with E-state index in [1.165, 1.54) is 0 Å². The molecule has 4 rings (SSSR count). The minimum absolute atomic E-state index is 0.0306. The molecule has 3 aromatic rings. The van der Waals surface area contributed by atoms with Gasteiger partial charge >= 0.3 is 0 Å². The van der Waals surface area contributed by atoms with Crippen LogP contribution in [-0.2, 0) is 0 Å². The Kier molecular flexibility index (Phi) is 2.66. The average Bonchev–Trinajstić information content (AvgIpc) is 2.85. The first kappa shape index (κ1) is 12.8. The van der Waals surface area contributed by atoms with Crippen molar-refractivity contribution in [1.29, 1.82) is 0 Å². The van der Waals surface area contributed by atoms with Crippen LogP contribution < -0.4 is 10.5 Å². The summed E-state index contributed by atoms with van der Waals surface area (Å²) in [5.74, 6) is 0.626. The number of aromatic amines is 1. The minimum atomic E-state index is -0.166. The predicted octanol–water partition coefficient (Wildman–Crippen LogP) is 3.17.